The predicted octanol–water partition coefficient (Wildman–Crippen LogP) is 5.87. The average Bonchev–Trinajstić information content (AvgIpc) is 3.27. The monoisotopic (exact) mass is 458 g/mol. The summed E-state index contributed by atoms with van der Waals surface area (Å²) in [4.78, 5) is 16.9. The molecule has 0 saturated heterocycles. The average molecular weight is 459 g/mol. The Morgan fingerprint density at radius 2 is 1.76 bits per heavy atom. The maximum Gasteiger partial charge on any atom is 0.249 e. The van der Waals surface area contributed by atoms with Gasteiger partial charge in [-0.25, -0.2) is 4.98 Å². The molecular weight excluding hydrogens is 432 g/mol. The van der Waals surface area contributed by atoms with Gasteiger partial charge in [-0.1, -0.05) is 12.1 Å². The van der Waals surface area contributed by atoms with Crippen LogP contribution in [0.4, 0.5) is 5.82 Å². The van der Waals surface area contributed by atoms with E-state index in [1.165, 1.54) is 6.08 Å². The highest BCUT2D eigenvalue weighted by Crippen LogP contribution is 2.39. The minimum absolute atomic E-state index is 0.270. The number of rotatable bonds is 7. The summed E-state index contributed by atoms with van der Waals surface area (Å²) in [6.45, 7) is 3.76. The predicted molar refractivity (Wildman–Crippen MR) is 133 cm³/mol. The first-order chi connectivity index (χ1) is 16.4. The Bertz CT molecular complexity index is 1390. The lowest BCUT2D eigenvalue weighted by molar-refractivity contribution is -0.111. The van der Waals surface area contributed by atoms with Crippen LogP contribution in [-0.4, -0.2) is 32.2 Å². The van der Waals surface area contributed by atoms with Gasteiger partial charge in [0.15, 0.2) is 11.5 Å². The Balaban J connectivity index is 1.74. The van der Waals surface area contributed by atoms with E-state index in [1.54, 1.807) is 33.8 Å². The van der Waals surface area contributed by atoms with E-state index in [4.69, 9.17) is 18.6 Å². The molecule has 0 bridgehead atoms. The standard InChI is InChI=1S/C27H26N2O5/c1-16-7-6-10-28-27(16)29-26(30)11-17(2)19-13-20-21(15-34-24(20)14-23(19)32-4)18-8-9-22(31-3)25(12-18)33-5/h6-15H,1-5H3,(H,28,29,30)/b17-11+. The summed E-state index contributed by atoms with van der Waals surface area (Å²) in [6, 6.07) is 13.2. The lowest BCUT2D eigenvalue weighted by Gasteiger charge is -2.11. The van der Waals surface area contributed by atoms with Crippen molar-refractivity contribution in [3.8, 4) is 28.4 Å². The zero-order valence-electron chi connectivity index (χ0n) is 19.8. The maximum absolute atomic E-state index is 12.7. The molecule has 1 N–H and O–H groups in total. The number of aryl methyl sites for hydroxylation is 1. The quantitative estimate of drug-likeness (QED) is 0.349. The second kappa shape index (κ2) is 9.70. The topological polar surface area (TPSA) is 82.8 Å². The molecule has 0 spiro atoms. The van der Waals surface area contributed by atoms with Gasteiger partial charge in [-0.3, -0.25) is 4.79 Å². The summed E-state index contributed by atoms with van der Waals surface area (Å²) < 4.78 is 22.2. The highest BCUT2D eigenvalue weighted by atomic mass is 16.5. The fourth-order valence-corrected chi connectivity index (χ4v) is 3.80. The number of fused-ring (bicyclic) bond motifs is 1. The molecule has 0 aliphatic heterocycles. The molecule has 0 saturated carbocycles. The molecule has 7 heteroatoms. The third-order valence-electron chi connectivity index (χ3n) is 5.61. The molecule has 2 aromatic heterocycles. The summed E-state index contributed by atoms with van der Waals surface area (Å²) in [5, 5.41) is 3.72. The summed E-state index contributed by atoms with van der Waals surface area (Å²) >= 11 is 0. The number of hydrogen-bond acceptors (Lipinski definition) is 6. The van der Waals surface area contributed by atoms with E-state index < -0.39 is 0 Å². The molecule has 174 valence electrons. The third kappa shape index (κ3) is 4.45. The SMILES string of the molecule is COc1ccc(-c2coc3cc(OC)c(/C(C)=C/C(=O)Nc4ncccc4C)cc23)cc1OC. The number of benzene rings is 2. The van der Waals surface area contributed by atoms with Crippen molar-refractivity contribution in [1.29, 1.82) is 0 Å². The van der Waals surface area contributed by atoms with Crippen LogP contribution in [0.5, 0.6) is 17.2 Å². The molecule has 0 radical (unpaired) electrons. The van der Waals surface area contributed by atoms with Gasteiger partial charge in [0.1, 0.15) is 17.2 Å². The Morgan fingerprint density at radius 1 is 1.00 bits per heavy atom. The minimum atomic E-state index is -0.270. The van der Waals surface area contributed by atoms with Crippen LogP contribution in [0.3, 0.4) is 0 Å². The van der Waals surface area contributed by atoms with Crippen molar-refractivity contribution in [2.24, 2.45) is 0 Å². The van der Waals surface area contributed by atoms with E-state index in [0.717, 1.165) is 33.2 Å². The molecule has 7 nitrogen and oxygen atoms in total. The van der Waals surface area contributed by atoms with Gasteiger partial charge in [0, 0.05) is 34.9 Å². The maximum atomic E-state index is 12.7. The molecule has 2 heterocycles. The third-order valence-corrected chi connectivity index (χ3v) is 5.61. The Kier molecular flexibility index (Phi) is 6.54. The molecule has 34 heavy (non-hydrogen) atoms. The van der Waals surface area contributed by atoms with Crippen LogP contribution in [0.15, 0.2) is 65.4 Å². The molecule has 0 unspecified atom stereocenters. The van der Waals surface area contributed by atoms with Crippen LogP contribution in [0.2, 0.25) is 0 Å². The second-order valence-electron chi connectivity index (χ2n) is 7.75. The minimum Gasteiger partial charge on any atom is -0.496 e. The van der Waals surface area contributed by atoms with Gasteiger partial charge in [0.05, 0.1) is 27.6 Å². The number of methoxy groups -OCH3 is 3. The molecule has 0 aliphatic carbocycles. The number of aromatic nitrogens is 1. The van der Waals surface area contributed by atoms with Gasteiger partial charge in [0.2, 0.25) is 5.91 Å². The van der Waals surface area contributed by atoms with Crippen molar-refractivity contribution in [2.45, 2.75) is 13.8 Å². The number of hydrogen-bond donors (Lipinski definition) is 1. The number of carbonyl (C=O) groups excluding carboxylic acids is 1. The van der Waals surface area contributed by atoms with E-state index in [2.05, 4.69) is 10.3 Å². The lowest BCUT2D eigenvalue weighted by Crippen LogP contribution is -2.11. The molecule has 0 aliphatic rings. The number of amides is 1. The first-order valence-corrected chi connectivity index (χ1v) is 10.7. The van der Waals surface area contributed by atoms with E-state index in [9.17, 15) is 4.79 Å². The summed E-state index contributed by atoms with van der Waals surface area (Å²) in [7, 11) is 4.79. The van der Waals surface area contributed by atoms with Crippen LogP contribution in [0.25, 0.3) is 27.7 Å². The van der Waals surface area contributed by atoms with E-state index in [-0.39, 0.29) is 5.91 Å². The number of allylic oxidation sites excluding steroid dienone is 1. The number of nitrogens with zero attached hydrogens (tertiary/aromatic N) is 1. The molecule has 0 fully saturated rings. The van der Waals surface area contributed by atoms with Gasteiger partial charge in [-0.05, 0) is 54.8 Å². The van der Waals surface area contributed by atoms with E-state index in [1.807, 2.05) is 56.3 Å². The van der Waals surface area contributed by atoms with E-state index in [0.29, 0.717) is 28.6 Å². The van der Waals surface area contributed by atoms with Gasteiger partial charge < -0.3 is 23.9 Å². The highest BCUT2D eigenvalue weighted by Gasteiger charge is 2.16. The smallest absolute Gasteiger partial charge is 0.249 e. The van der Waals surface area contributed by atoms with Gasteiger partial charge in [-0.15, -0.1) is 0 Å². The zero-order chi connectivity index (χ0) is 24.2. The van der Waals surface area contributed by atoms with Crippen molar-refractivity contribution >= 4 is 28.3 Å². The van der Waals surface area contributed by atoms with Crippen LogP contribution >= 0.6 is 0 Å². The van der Waals surface area contributed by atoms with Crippen LogP contribution in [0, 0.1) is 6.92 Å². The summed E-state index contributed by atoms with van der Waals surface area (Å²) in [6.07, 6.45) is 4.88. The largest absolute Gasteiger partial charge is 0.496 e. The lowest BCUT2D eigenvalue weighted by atomic mass is 9.99. The van der Waals surface area contributed by atoms with E-state index >= 15 is 0 Å². The van der Waals surface area contributed by atoms with Crippen molar-refractivity contribution in [1.82, 2.24) is 4.98 Å². The molecule has 4 rings (SSSR count). The van der Waals surface area contributed by atoms with Gasteiger partial charge >= 0.3 is 0 Å². The number of ether oxygens (including phenoxy) is 3. The number of anilines is 1. The first kappa shape index (κ1) is 22.9. The number of nitrogens with one attached hydrogen (secondary N) is 1. The van der Waals surface area contributed by atoms with Crippen LogP contribution in [0.1, 0.15) is 18.1 Å². The van der Waals surface area contributed by atoms with Gasteiger partial charge in [0.25, 0.3) is 0 Å². The molecule has 1 amide bonds. The number of furan rings is 1. The summed E-state index contributed by atoms with van der Waals surface area (Å²) in [5.41, 5.74) is 4.89. The zero-order valence-corrected chi connectivity index (χ0v) is 19.8. The molecule has 2 aromatic carbocycles. The number of carbonyl (C=O) groups is 1. The van der Waals surface area contributed by atoms with Crippen molar-refractivity contribution < 1.29 is 23.4 Å². The van der Waals surface area contributed by atoms with Crippen LogP contribution < -0.4 is 19.5 Å². The fourth-order valence-electron chi connectivity index (χ4n) is 3.80. The molecule has 4 aromatic rings. The van der Waals surface area contributed by atoms with Crippen molar-refractivity contribution in [3.63, 3.8) is 0 Å². The van der Waals surface area contributed by atoms with Crippen molar-refractivity contribution in [3.05, 3.63) is 72.1 Å². The Hall–Kier alpha value is -4.26. The second-order valence-corrected chi connectivity index (χ2v) is 7.75. The van der Waals surface area contributed by atoms with Gasteiger partial charge in [-0.2, -0.15) is 0 Å². The normalized spacial score (nSPS) is 11.4. The Morgan fingerprint density at radius 3 is 2.47 bits per heavy atom. The fraction of sp³-hybridized carbons (Fsp3) is 0.185. The van der Waals surface area contributed by atoms with Crippen molar-refractivity contribution in [2.75, 3.05) is 26.6 Å². The first-order valence-electron chi connectivity index (χ1n) is 10.7. The summed E-state index contributed by atoms with van der Waals surface area (Å²) in [5.74, 6) is 2.14. The Labute approximate surface area is 198 Å². The van der Waals surface area contributed by atoms with Crippen LogP contribution in [-0.2, 0) is 4.79 Å². The molecule has 0 atom stereocenters. The number of pyridine rings is 1. The molecular formula is C27H26N2O5. The highest BCUT2D eigenvalue weighted by molar-refractivity contribution is 6.05.